The minimum atomic E-state index is -0.631. The van der Waals surface area contributed by atoms with Gasteiger partial charge in [0, 0.05) is 11.1 Å². The number of para-hydroxylation sites is 4. The molecule has 0 spiro atoms. The van der Waals surface area contributed by atoms with Crippen molar-refractivity contribution in [1.82, 2.24) is 4.57 Å². The molecule has 0 atom stereocenters. The molecule has 1 aliphatic heterocycles. The third-order valence-corrected chi connectivity index (χ3v) is 12.3. The van der Waals surface area contributed by atoms with E-state index in [2.05, 4.69) is 195 Å². The zero-order chi connectivity index (χ0) is 40.9. The smallest absolute Gasteiger partial charge is 0.211 e. The lowest BCUT2D eigenvalue weighted by atomic mass is 9.62. The molecule has 4 nitrogen and oxygen atoms in total. The summed E-state index contributed by atoms with van der Waals surface area (Å²) >= 11 is 0. The van der Waals surface area contributed by atoms with Crippen molar-refractivity contribution in [2.45, 2.75) is 5.41 Å². The molecular formula is C57H36N4. The van der Waals surface area contributed by atoms with Crippen LogP contribution in [0.15, 0.2) is 218 Å². The van der Waals surface area contributed by atoms with Crippen molar-refractivity contribution >= 4 is 50.2 Å². The van der Waals surface area contributed by atoms with Crippen molar-refractivity contribution in [1.29, 1.82) is 0 Å². The second-order valence-corrected chi connectivity index (χ2v) is 15.4. The Kier molecular flexibility index (Phi) is 8.45. The van der Waals surface area contributed by atoms with E-state index in [0.29, 0.717) is 11.4 Å². The van der Waals surface area contributed by atoms with Crippen LogP contribution >= 0.6 is 0 Å². The molecule has 4 heteroatoms. The first-order valence-corrected chi connectivity index (χ1v) is 20.4. The number of nitrogens with zero attached hydrogens (tertiary/aromatic N) is 4. The maximum atomic E-state index is 8.37. The number of fused-ring (bicyclic) bond motifs is 5. The van der Waals surface area contributed by atoms with Crippen molar-refractivity contribution in [2.75, 3.05) is 4.90 Å². The number of aromatic nitrogens is 1. The van der Waals surface area contributed by atoms with Crippen LogP contribution in [0.3, 0.4) is 0 Å². The Bertz CT molecular complexity index is 3350. The molecule has 0 radical (unpaired) electrons. The molecule has 9 aromatic carbocycles. The molecule has 0 aliphatic carbocycles. The zero-order valence-corrected chi connectivity index (χ0v) is 33.1. The van der Waals surface area contributed by atoms with Gasteiger partial charge in [-0.15, -0.1) is 0 Å². The summed E-state index contributed by atoms with van der Waals surface area (Å²) in [6.45, 7) is 16.1. The maximum absolute atomic E-state index is 8.37. The maximum Gasteiger partial charge on any atom is 0.211 e. The van der Waals surface area contributed by atoms with E-state index >= 15 is 0 Å². The van der Waals surface area contributed by atoms with Crippen molar-refractivity contribution < 1.29 is 0 Å². The Labute approximate surface area is 355 Å². The summed E-state index contributed by atoms with van der Waals surface area (Å²) in [4.78, 5) is 10.2. The minimum Gasteiger partial charge on any atom is -0.318 e. The topological polar surface area (TPSA) is 16.9 Å². The van der Waals surface area contributed by atoms with Gasteiger partial charge in [0.25, 0.3) is 0 Å². The Morgan fingerprint density at radius 3 is 1.79 bits per heavy atom. The van der Waals surface area contributed by atoms with Crippen molar-refractivity contribution in [3.05, 3.63) is 263 Å². The molecule has 10 aromatic rings. The summed E-state index contributed by atoms with van der Waals surface area (Å²) in [5.41, 5.74) is 15.6. The number of benzene rings is 9. The molecular weight excluding hydrogens is 741 g/mol. The van der Waals surface area contributed by atoms with Gasteiger partial charge in [-0.05, 0) is 104 Å². The van der Waals surface area contributed by atoms with Crippen LogP contribution in [0.5, 0.6) is 0 Å². The fraction of sp³-hybridized carbons (Fsp3) is 0.0175. The van der Waals surface area contributed by atoms with E-state index in [1.54, 1.807) is 0 Å². The lowest BCUT2D eigenvalue weighted by Gasteiger charge is -2.46. The number of hydrogen-bond acceptors (Lipinski definition) is 1. The normalized spacial score (nSPS) is 12.7. The third-order valence-electron chi connectivity index (χ3n) is 12.3. The largest absolute Gasteiger partial charge is 0.318 e. The van der Waals surface area contributed by atoms with Gasteiger partial charge in [0.05, 0.1) is 46.7 Å². The SMILES string of the molecule is [C-]#[N+]c1ccc2c(c1)c1ccccc1n2-c1c([N+]#[C-])cccc1-c1cccc(-c2ccc3c(c2)C(c2ccccc2)(c2ccccc2)c2ccccc2N3c2ccccc2)c1. The number of rotatable bonds is 6. The molecule has 61 heavy (non-hydrogen) atoms. The summed E-state index contributed by atoms with van der Waals surface area (Å²) in [5.74, 6) is 0. The third kappa shape index (κ3) is 5.51. The molecule has 0 saturated heterocycles. The summed E-state index contributed by atoms with van der Waals surface area (Å²) < 4.78 is 2.20. The van der Waals surface area contributed by atoms with Crippen LogP contribution in [0.4, 0.5) is 28.4 Å². The molecule has 284 valence electrons. The highest BCUT2D eigenvalue weighted by Crippen LogP contribution is 2.58. The van der Waals surface area contributed by atoms with Crippen LogP contribution in [0.25, 0.3) is 59.4 Å². The Balaban J connectivity index is 1.16. The van der Waals surface area contributed by atoms with Gasteiger partial charge >= 0.3 is 0 Å². The second-order valence-electron chi connectivity index (χ2n) is 15.4. The predicted octanol–water partition coefficient (Wildman–Crippen LogP) is 15.4. The highest BCUT2D eigenvalue weighted by Gasteiger charge is 2.46. The van der Waals surface area contributed by atoms with Crippen molar-refractivity contribution in [3.63, 3.8) is 0 Å². The predicted molar refractivity (Wildman–Crippen MR) is 251 cm³/mol. The van der Waals surface area contributed by atoms with E-state index in [1.165, 1.54) is 22.3 Å². The number of hydrogen-bond donors (Lipinski definition) is 0. The molecule has 0 fully saturated rings. The lowest BCUT2D eigenvalue weighted by Crippen LogP contribution is -2.37. The van der Waals surface area contributed by atoms with Gasteiger partial charge in [-0.25, -0.2) is 9.69 Å². The average Bonchev–Trinajstić information content (AvgIpc) is 3.66. The van der Waals surface area contributed by atoms with E-state index < -0.39 is 5.41 Å². The first-order chi connectivity index (χ1) is 30.2. The van der Waals surface area contributed by atoms with Crippen molar-refractivity contribution in [3.8, 4) is 27.9 Å². The zero-order valence-electron chi connectivity index (χ0n) is 33.1. The molecule has 0 amide bonds. The highest BCUT2D eigenvalue weighted by molar-refractivity contribution is 6.11. The summed E-state index contributed by atoms with van der Waals surface area (Å²) in [6.07, 6.45) is 0. The molecule has 11 rings (SSSR count). The van der Waals surface area contributed by atoms with Crippen LogP contribution < -0.4 is 4.90 Å². The van der Waals surface area contributed by atoms with Crippen LogP contribution in [-0.4, -0.2) is 4.57 Å². The molecule has 0 N–H and O–H groups in total. The van der Waals surface area contributed by atoms with E-state index in [4.69, 9.17) is 13.1 Å². The second kappa shape index (κ2) is 14.4. The van der Waals surface area contributed by atoms with Crippen LogP contribution in [0.1, 0.15) is 22.3 Å². The van der Waals surface area contributed by atoms with E-state index in [1.807, 2.05) is 42.5 Å². The standard InChI is InChI=1S/C57H36N4/c1-58-44-33-35-53-48(38-44)47-26-12-14-30-52(47)61(53)56-46(27-17-29-51(56)59-2)41-19-16-18-39(36-41)40-32-34-55-50(37-40)57(42-20-6-3-7-21-42,43-22-8-4-9-23-43)49-28-13-15-31-54(49)60(55)45-24-10-5-11-25-45/h3-38H. The summed E-state index contributed by atoms with van der Waals surface area (Å²) in [6, 6.07) is 77.1. The first kappa shape index (κ1) is 35.7. The highest BCUT2D eigenvalue weighted by atomic mass is 15.2. The first-order valence-electron chi connectivity index (χ1n) is 20.4. The molecule has 1 aliphatic rings. The van der Waals surface area contributed by atoms with Gasteiger partial charge in [0.1, 0.15) is 0 Å². The van der Waals surface area contributed by atoms with Gasteiger partial charge in [0.15, 0.2) is 5.69 Å². The molecule has 0 saturated carbocycles. The molecule has 1 aromatic heterocycles. The summed E-state index contributed by atoms with van der Waals surface area (Å²) in [7, 11) is 0. The van der Waals surface area contributed by atoms with Gasteiger partial charge in [0.2, 0.25) is 5.69 Å². The van der Waals surface area contributed by atoms with Crippen LogP contribution in [0.2, 0.25) is 0 Å². The van der Waals surface area contributed by atoms with Gasteiger partial charge in [-0.3, -0.25) is 0 Å². The van der Waals surface area contributed by atoms with E-state index in [9.17, 15) is 0 Å². The molecule has 2 heterocycles. The van der Waals surface area contributed by atoms with E-state index in [-0.39, 0.29) is 0 Å². The van der Waals surface area contributed by atoms with Gasteiger partial charge in [-0.1, -0.05) is 164 Å². The van der Waals surface area contributed by atoms with Crippen molar-refractivity contribution in [2.24, 2.45) is 0 Å². The fourth-order valence-corrected chi connectivity index (χ4v) is 9.72. The van der Waals surface area contributed by atoms with Gasteiger partial charge in [-0.2, -0.15) is 0 Å². The minimum absolute atomic E-state index is 0.559. The molecule has 0 unspecified atom stereocenters. The van der Waals surface area contributed by atoms with E-state index in [0.717, 1.165) is 66.8 Å². The fourth-order valence-electron chi connectivity index (χ4n) is 9.72. The van der Waals surface area contributed by atoms with Crippen LogP contribution in [0, 0.1) is 13.1 Å². The monoisotopic (exact) mass is 776 g/mol. The quantitative estimate of drug-likeness (QED) is 0.154. The Morgan fingerprint density at radius 1 is 0.410 bits per heavy atom. The van der Waals surface area contributed by atoms with Gasteiger partial charge < -0.3 is 9.47 Å². The Hall–Kier alpha value is -8.44. The molecule has 0 bridgehead atoms. The summed E-state index contributed by atoms with van der Waals surface area (Å²) in [5, 5.41) is 2.03. The number of anilines is 3. The average molecular weight is 777 g/mol. The Morgan fingerprint density at radius 2 is 1.03 bits per heavy atom. The lowest BCUT2D eigenvalue weighted by molar-refractivity contribution is 0.731. The van der Waals surface area contributed by atoms with Crippen LogP contribution in [-0.2, 0) is 5.41 Å².